The quantitative estimate of drug-likeness (QED) is 0.347. The number of aromatic amines is 2. The molecule has 0 aliphatic carbocycles. The Morgan fingerprint density at radius 1 is 1.22 bits per heavy atom. The number of hydrogen-bond donors (Lipinski definition) is 2. The molecule has 1 saturated heterocycles. The van der Waals surface area contributed by atoms with Gasteiger partial charge >= 0.3 is 5.16 Å². The van der Waals surface area contributed by atoms with Crippen LogP contribution in [0.5, 0.6) is 0 Å². The first-order valence-electron chi connectivity index (χ1n) is 10.4. The number of hydrogen-bond acceptors (Lipinski definition) is 5. The van der Waals surface area contributed by atoms with E-state index >= 15 is 0 Å². The van der Waals surface area contributed by atoms with Crippen LogP contribution in [0.4, 0.5) is 5.69 Å². The minimum atomic E-state index is -0.480. The van der Waals surface area contributed by atoms with Gasteiger partial charge in [0.05, 0.1) is 23.5 Å². The first kappa shape index (κ1) is 20.3. The van der Waals surface area contributed by atoms with Crippen LogP contribution in [-0.2, 0) is 9.59 Å². The number of fused-ring (bicyclic) bond motifs is 1. The maximum atomic E-state index is 13.1. The molecule has 1 aliphatic heterocycles. The van der Waals surface area contributed by atoms with Gasteiger partial charge in [-0.05, 0) is 53.9 Å². The summed E-state index contributed by atoms with van der Waals surface area (Å²) in [5.74, 6) is -0.0462. The molecule has 1 aromatic carbocycles. The predicted molar refractivity (Wildman–Crippen MR) is 120 cm³/mol. The fourth-order valence-electron chi connectivity index (χ4n) is 3.90. The molecule has 3 N–H and O–H groups in total. The summed E-state index contributed by atoms with van der Waals surface area (Å²) in [6.45, 7) is 0.576. The van der Waals surface area contributed by atoms with Gasteiger partial charge in [0.15, 0.2) is 5.52 Å². The zero-order chi connectivity index (χ0) is 21.9. The van der Waals surface area contributed by atoms with E-state index in [9.17, 15) is 9.59 Å². The van der Waals surface area contributed by atoms with Gasteiger partial charge in [-0.25, -0.2) is 4.98 Å². The molecule has 0 spiro atoms. The van der Waals surface area contributed by atoms with Crippen molar-refractivity contribution < 1.29 is 14.6 Å². The number of aromatic nitrogens is 5. The molecule has 32 heavy (non-hydrogen) atoms. The van der Waals surface area contributed by atoms with Crippen molar-refractivity contribution in [1.29, 1.82) is 0 Å². The van der Waals surface area contributed by atoms with Gasteiger partial charge in [0, 0.05) is 18.9 Å². The van der Waals surface area contributed by atoms with E-state index in [0.717, 1.165) is 17.6 Å². The summed E-state index contributed by atoms with van der Waals surface area (Å²) in [5.41, 5.74) is 3.00. The van der Waals surface area contributed by atoms with Gasteiger partial charge in [0.25, 0.3) is 5.65 Å². The van der Waals surface area contributed by atoms with Gasteiger partial charge in [-0.3, -0.25) is 9.59 Å². The molecule has 4 heterocycles. The second kappa shape index (κ2) is 8.83. The van der Waals surface area contributed by atoms with Crippen molar-refractivity contribution in [1.82, 2.24) is 24.4 Å². The molecule has 2 amide bonds. The van der Waals surface area contributed by atoms with Crippen molar-refractivity contribution in [2.45, 2.75) is 24.0 Å². The number of para-hydroxylation sites is 2. The Kier molecular flexibility index (Phi) is 5.59. The summed E-state index contributed by atoms with van der Waals surface area (Å²) in [6, 6.07) is 11.0. The SMILES string of the molecule is O=C(Nc1ccccc1-n1cccc1)[C@@H]1CCCN1C(=O)CSc1nc2nc[nH]c2c[nH+]1. The number of H-pyrrole nitrogens is 2. The van der Waals surface area contributed by atoms with Gasteiger partial charge < -0.3 is 19.8 Å². The highest BCUT2D eigenvalue weighted by atomic mass is 32.2. The maximum Gasteiger partial charge on any atom is 0.360 e. The number of imidazole rings is 1. The summed E-state index contributed by atoms with van der Waals surface area (Å²) >= 11 is 1.31. The number of carbonyl (C=O) groups excluding carboxylic acids is 2. The minimum Gasteiger partial charge on any atom is -0.338 e. The fourth-order valence-corrected chi connectivity index (χ4v) is 4.61. The lowest BCUT2D eigenvalue weighted by Crippen LogP contribution is -2.44. The Morgan fingerprint density at radius 2 is 2.06 bits per heavy atom. The predicted octanol–water partition coefficient (Wildman–Crippen LogP) is 2.28. The molecule has 0 radical (unpaired) electrons. The van der Waals surface area contributed by atoms with Crippen LogP contribution >= 0.6 is 11.8 Å². The Bertz CT molecular complexity index is 1250. The Morgan fingerprint density at radius 3 is 2.94 bits per heavy atom. The fraction of sp³-hybridized carbons (Fsp3) is 0.227. The van der Waals surface area contributed by atoms with Crippen LogP contribution in [0.15, 0.2) is 66.5 Å². The summed E-state index contributed by atoms with van der Waals surface area (Å²) in [4.78, 5) is 42.2. The monoisotopic (exact) mass is 448 g/mol. The standard InChI is InChI=1S/C22H21N7O2S/c30-19(13-32-22-23-12-16-20(27-22)25-14-24-16)29-11-5-8-18(29)21(31)26-15-6-1-2-7-17(15)28-9-3-4-10-28/h1-4,6-7,9-10,12,14,18H,5,8,11,13H2,(H,26,31)(H,23,24,25,27)/p+1/t18-/m0/s1. The van der Waals surface area contributed by atoms with Gasteiger partial charge in [0.2, 0.25) is 11.8 Å². The number of nitrogens with one attached hydrogen (secondary N) is 3. The molecule has 1 atom stereocenters. The Hall–Kier alpha value is -3.66. The van der Waals surface area contributed by atoms with Crippen molar-refractivity contribution in [3.8, 4) is 5.69 Å². The van der Waals surface area contributed by atoms with Crippen molar-refractivity contribution in [3.63, 3.8) is 0 Å². The number of nitrogens with zero attached hydrogens (tertiary/aromatic N) is 4. The molecule has 0 bridgehead atoms. The lowest BCUT2D eigenvalue weighted by molar-refractivity contribution is -0.431. The molecule has 1 aliphatic rings. The van der Waals surface area contributed by atoms with Gasteiger partial charge in [0.1, 0.15) is 12.2 Å². The van der Waals surface area contributed by atoms with Gasteiger partial charge in [-0.15, -0.1) is 0 Å². The third-order valence-electron chi connectivity index (χ3n) is 5.45. The highest BCUT2D eigenvalue weighted by molar-refractivity contribution is 7.99. The zero-order valence-electron chi connectivity index (χ0n) is 17.2. The van der Waals surface area contributed by atoms with E-state index in [1.807, 2.05) is 53.4 Å². The first-order chi connectivity index (χ1) is 15.7. The zero-order valence-corrected chi connectivity index (χ0v) is 18.0. The number of amides is 2. The van der Waals surface area contributed by atoms with Crippen LogP contribution < -0.4 is 10.3 Å². The van der Waals surface area contributed by atoms with Gasteiger partial charge in [-0.1, -0.05) is 12.1 Å². The number of likely N-dealkylation sites (tertiary alicyclic amines) is 1. The van der Waals surface area contributed by atoms with Crippen molar-refractivity contribution in [3.05, 3.63) is 61.3 Å². The van der Waals surface area contributed by atoms with E-state index in [-0.39, 0.29) is 17.6 Å². The number of benzene rings is 1. The van der Waals surface area contributed by atoms with E-state index in [1.165, 1.54) is 11.8 Å². The molecule has 162 valence electrons. The molecule has 10 heteroatoms. The van der Waals surface area contributed by atoms with E-state index in [1.54, 1.807) is 17.4 Å². The highest BCUT2D eigenvalue weighted by Gasteiger charge is 2.34. The van der Waals surface area contributed by atoms with Crippen molar-refractivity contribution in [2.75, 3.05) is 17.6 Å². The molecule has 5 rings (SSSR count). The topological polar surface area (TPSA) is 110 Å². The number of thioether (sulfide) groups is 1. The van der Waals surface area contributed by atoms with E-state index < -0.39 is 6.04 Å². The molecular weight excluding hydrogens is 426 g/mol. The lowest BCUT2D eigenvalue weighted by atomic mass is 10.2. The molecule has 3 aromatic heterocycles. The smallest absolute Gasteiger partial charge is 0.338 e. The van der Waals surface area contributed by atoms with E-state index in [0.29, 0.717) is 29.5 Å². The average molecular weight is 449 g/mol. The van der Waals surface area contributed by atoms with Crippen molar-refractivity contribution >= 4 is 40.4 Å². The van der Waals surface area contributed by atoms with Gasteiger partial charge in [-0.2, -0.15) is 4.98 Å². The van der Waals surface area contributed by atoms with Crippen LogP contribution in [-0.4, -0.2) is 54.6 Å². The van der Waals surface area contributed by atoms with Crippen LogP contribution in [0.3, 0.4) is 0 Å². The Balaban J connectivity index is 1.25. The molecule has 0 saturated carbocycles. The van der Waals surface area contributed by atoms with Crippen LogP contribution in [0.2, 0.25) is 0 Å². The van der Waals surface area contributed by atoms with Crippen LogP contribution in [0.25, 0.3) is 16.9 Å². The molecule has 4 aromatic rings. The molecular formula is C22H22N7O2S+. The molecule has 0 unspecified atom stereocenters. The second-order valence-electron chi connectivity index (χ2n) is 7.48. The second-order valence-corrected chi connectivity index (χ2v) is 8.44. The normalized spacial score (nSPS) is 15.9. The third kappa shape index (κ3) is 4.09. The minimum absolute atomic E-state index is 0.0799. The summed E-state index contributed by atoms with van der Waals surface area (Å²) in [5, 5.41) is 3.64. The highest BCUT2D eigenvalue weighted by Crippen LogP contribution is 2.24. The maximum absolute atomic E-state index is 13.1. The average Bonchev–Trinajstić information content (AvgIpc) is 3.59. The van der Waals surface area contributed by atoms with Crippen molar-refractivity contribution in [2.24, 2.45) is 0 Å². The summed E-state index contributed by atoms with van der Waals surface area (Å²) in [7, 11) is 0. The van der Waals surface area contributed by atoms with E-state index in [2.05, 4.69) is 25.3 Å². The summed E-state index contributed by atoms with van der Waals surface area (Å²) in [6.07, 6.45) is 8.66. The summed E-state index contributed by atoms with van der Waals surface area (Å²) < 4.78 is 1.95. The molecule has 9 nitrogen and oxygen atoms in total. The largest absolute Gasteiger partial charge is 0.360 e. The lowest BCUT2D eigenvalue weighted by Gasteiger charge is -2.24. The number of rotatable bonds is 6. The number of carbonyl (C=O) groups is 2. The third-order valence-corrected chi connectivity index (χ3v) is 6.32. The number of anilines is 1. The molecule has 1 fully saturated rings. The first-order valence-corrected chi connectivity index (χ1v) is 11.3. The van der Waals surface area contributed by atoms with Crippen LogP contribution in [0.1, 0.15) is 12.8 Å². The van der Waals surface area contributed by atoms with E-state index in [4.69, 9.17) is 0 Å². The Labute approximate surface area is 188 Å². The van der Waals surface area contributed by atoms with Crippen LogP contribution in [0, 0.1) is 0 Å².